The molecule has 256 valence electrons. The van der Waals surface area contributed by atoms with Crippen molar-refractivity contribution in [2.75, 3.05) is 20.1 Å². The van der Waals surface area contributed by atoms with Crippen LogP contribution in [-0.2, 0) is 30.4 Å². The summed E-state index contributed by atoms with van der Waals surface area (Å²) in [6.45, 7) is 1.94. The number of carbonyl (C=O) groups excluding carboxylic acids is 4. The third kappa shape index (κ3) is 10.4. The van der Waals surface area contributed by atoms with Gasteiger partial charge in [-0.1, -0.05) is 44.7 Å². The van der Waals surface area contributed by atoms with Crippen LogP contribution >= 0.6 is 0 Å². The lowest BCUT2D eigenvalue weighted by Gasteiger charge is -2.32. The zero-order valence-corrected chi connectivity index (χ0v) is 27.1. The number of phenols is 2. The molecule has 1 unspecified atom stereocenters. The molecule has 13 heteroatoms. The highest BCUT2D eigenvalue weighted by atomic mass is 16.4. The van der Waals surface area contributed by atoms with E-state index in [1.165, 1.54) is 48.3 Å². The highest BCUT2D eigenvalue weighted by Gasteiger charge is 2.34. The highest BCUT2D eigenvalue weighted by Crippen LogP contribution is 2.38. The number of hydrogen-bond donors (Lipinski definition) is 7. The van der Waals surface area contributed by atoms with Gasteiger partial charge in [-0.2, -0.15) is 0 Å². The van der Waals surface area contributed by atoms with Crippen LogP contribution in [0.1, 0.15) is 81.9 Å². The second-order valence-corrected chi connectivity index (χ2v) is 11.9. The van der Waals surface area contributed by atoms with Crippen LogP contribution in [0.25, 0.3) is 11.1 Å². The molecule has 0 aliphatic carbocycles. The number of likely N-dealkylation sites (N-methyl/N-ethyl adjacent to an activating group) is 1. The van der Waals surface area contributed by atoms with Crippen LogP contribution in [0.4, 0.5) is 0 Å². The Kier molecular flexibility index (Phi) is 14.0. The molecule has 8 N–H and O–H groups in total. The molecule has 2 aromatic rings. The maximum Gasteiger partial charge on any atom is 0.326 e. The SMILES string of the molecule is CCCCCCCC(=O)N[C@@H](CCCCN)C(=O)N(C)C1C(=O)NCC(=O)N[C@H](C(=O)O)Cc2ccc(O)c(c2)-c2cc1ccc2O. The molecule has 0 fully saturated rings. The van der Waals surface area contributed by atoms with Gasteiger partial charge in [-0.3, -0.25) is 19.2 Å². The lowest BCUT2D eigenvalue weighted by Crippen LogP contribution is -2.52. The largest absolute Gasteiger partial charge is 0.507 e. The lowest BCUT2D eigenvalue weighted by molar-refractivity contribution is -0.143. The first-order chi connectivity index (χ1) is 22.5. The fourth-order valence-corrected chi connectivity index (χ4v) is 5.64. The van der Waals surface area contributed by atoms with Gasteiger partial charge in [0.2, 0.25) is 23.6 Å². The molecule has 3 rings (SSSR count). The van der Waals surface area contributed by atoms with Gasteiger partial charge < -0.3 is 41.9 Å². The molecule has 0 aromatic heterocycles. The Morgan fingerprint density at radius 3 is 2.34 bits per heavy atom. The van der Waals surface area contributed by atoms with Crippen molar-refractivity contribution in [2.24, 2.45) is 5.73 Å². The van der Waals surface area contributed by atoms with Gasteiger partial charge in [-0.15, -0.1) is 0 Å². The number of nitrogens with one attached hydrogen (secondary N) is 3. The predicted molar refractivity (Wildman–Crippen MR) is 175 cm³/mol. The Morgan fingerprint density at radius 2 is 1.66 bits per heavy atom. The molecule has 13 nitrogen and oxygen atoms in total. The first kappa shape index (κ1) is 36.8. The summed E-state index contributed by atoms with van der Waals surface area (Å²) in [4.78, 5) is 66.5. The van der Waals surface area contributed by atoms with Gasteiger partial charge in [0.05, 0.1) is 6.54 Å². The minimum atomic E-state index is -1.34. The number of rotatable bonds is 14. The molecule has 2 aromatic carbocycles. The van der Waals surface area contributed by atoms with Crippen LogP contribution in [0.3, 0.4) is 0 Å². The Morgan fingerprint density at radius 1 is 0.979 bits per heavy atom. The summed E-state index contributed by atoms with van der Waals surface area (Å²) in [5.74, 6) is -4.07. The second-order valence-electron chi connectivity index (χ2n) is 11.9. The zero-order valence-electron chi connectivity index (χ0n) is 27.1. The van der Waals surface area contributed by atoms with Crippen LogP contribution in [0.15, 0.2) is 36.4 Å². The first-order valence-electron chi connectivity index (χ1n) is 16.2. The molecule has 4 bridgehead atoms. The molecule has 3 atom stereocenters. The predicted octanol–water partition coefficient (Wildman–Crippen LogP) is 2.48. The van der Waals surface area contributed by atoms with Crippen molar-refractivity contribution in [3.63, 3.8) is 0 Å². The fourth-order valence-electron chi connectivity index (χ4n) is 5.64. The Hall–Kier alpha value is -4.65. The molecule has 4 amide bonds. The second kappa shape index (κ2) is 17.9. The van der Waals surface area contributed by atoms with Crippen molar-refractivity contribution in [1.29, 1.82) is 0 Å². The van der Waals surface area contributed by atoms with Crippen molar-refractivity contribution < 1.29 is 39.3 Å². The first-order valence-corrected chi connectivity index (χ1v) is 16.2. The van der Waals surface area contributed by atoms with E-state index in [4.69, 9.17) is 5.73 Å². The molecule has 1 aliphatic heterocycles. The van der Waals surface area contributed by atoms with Crippen LogP contribution < -0.4 is 21.7 Å². The number of fused-ring (bicyclic) bond motifs is 5. The van der Waals surface area contributed by atoms with Gasteiger partial charge in [0.1, 0.15) is 29.6 Å². The fraction of sp³-hybridized carbons (Fsp3) is 0.500. The standard InChI is InChI=1S/C34H47N5O8/c1-3-4-5-6-7-11-29(42)37-25(10-8-9-16-35)33(45)39(2)31-22-13-15-28(41)24(19-22)23-17-21(12-14-27(23)40)18-26(34(46)47)38-30(43)20-36-32(31)44/h12-15,17,19,25-26,31,40-41H,3-11,16,18,20,35H2,1-2H3,(H,36,44)(H,37,42)(H,38,43)(H,46,47)/t25-,26-,31?/m0/s1. The van der Waals surface area contributed by atoms with Gasteiger partial charge in [0, 0.05) is 31.0 Å². The number of carboxylic acids is 1. The quantitative estimate of drug-likeness (QED) is 0.149. The van der Waals surface area contributed by atoms with E-state index in [9.17, 15) is 39.3 Å². The number of unbranched alkanes of at least 4 members (excludes halogenated alkanes) is 5. The van der Waals surface area contributed by atoms with Gasteiger partial charge in [0.15, 0.2) is 0 Å². The topological polar surface area (TPSA) is 211 Å². The summed E-state index contributed by atoms with van der Waals surface area (Å²) >= 11 is 0. The van der Waals surface area contributed by atoms with Crippen LogP contribution in [0.5, 0.6) is 11.5 Å². The molecule has 1 heterocycles. The van der Waals surface area contributed by atoms with Crippen molar-refractivity contribution in [3.05, 3.63) is 47.5 Å². The smallest absolute Gasteiger partial charge is 0.326 e. The van der Waals surface area contributed by atoms with Gasteiger partial charge in [-0.05, 0) is 67.6 Å². The lowest BCUT2D eigenvalue weighted by atomic mass is 9.94. The summed E-state index contributed by atoms with van der Waals surface area (Å²) in [6.07, 6.45) is 6.37. The summed E-state index contributed by atoms with van der Waals surface area (Å²) in [7, 11) is 1.41. The minimum absolute atomic E-state index is 0.126. The average molecular weight is 654 g/mol. The van der Waals surface area contributed by atoms with E-state index in [0.29, 0.717) is 31.4 Å². The molecule has 47 heavy (non-hydrogen) atoms. The number of aromatic hydroxyl groups is 2. The van der Waals surface area contributed by atoms with Crippen molar-refractivity contribution in [1.82, 2.24) is 20.9 Å². The Balaban J connectivity index is 2.01. The molecular weight excluding hydrogens is 606 g/mol. The van der Waals surface area contributed by atoms with Crippen molar-refractivity contribution in [2.45, 2.75) is 89.3 Å². The third-order valence-electron chi connectivity index (χ3n) is 8.25. The number of carbonyl (C=O) groups is 5. The van der Waals surface area contributed by atoms with E-state index in [1.54, 1.807) is 0 Å². The molecular formula is C34H47N5O8. The molecule has 0 saturated carbocycles. The third-order valence-corrected chi connectivity index (χ3v) is 8.25. The van der Waals surface area contributed by atoms with E-state index >= 15 is 0 Å². The van der Waals surface area contributed by atoms with Gasteiger partial charge in [0.25, 0.3) is 0 Å². The number of nitrogens with zero attached hydrogens (tertiary/aromatic N) is 1. The van der Waals surface area contributed by atoms with E-state index in [-0.39, 0.29) is 53.4 Å². The average Bonchev–Trinajstić information content (AvgIpc) is 3.04. The maximum absolute atomic E-state index is 14.0. The number of nitrogens with two attached hydrogens (primary N) is 1. The van der Waals surface area contributed by atoms with Gasteiger partial charge in [-0.25, -0.2) is 4.79 Å². The van der Waals surface area contributed by atoms with Crippen molar-refractivity contribution in [3.8, 4) is 22.6 Å². The maximum atomic E-state index is 14.0. The molecule has 1 aliphatic rings. The molecule has 0 spiro atoms. The van der Waals surface area contributed by atoms with Gasteiger partial charge >= 0.3 is 5.97 Å². The van der Waals surface area contributed by atoms with Crippen molar-refractivity contribution >= 4 is 29.6 Å². The van der Waals surface area contributed by atoms with E-state index in [1.807, 2.05) is 0 Å². The Labute approximate surface area is 274 Å². The van der Waals surface area contributed by atoms with Crippen LogP contribution in [-0.4, -0.2) is 82.0 Å². The number of aliphatic carboxylic acids is 1. The highest BCUT2D eigenvalue weighted by molar-refractivity contribution is 5.95. The van der Waals surface area contributed by atoms with Crippen LogP contribution in [0.2, 0.25) is 0 Å². The number of benzene rings is 2. The monoisotopic (exact) mass is 653 g/mol. The molecule has 0 radical (unpaired) electrons. The summed E-state index contributed by atoms with van der Waals surface area (Å²) in [5.41, 5.74) is 6.70. The minimum Gasteiger partial charge on any atom is -0.507 e. The van der Waals surface area contributed by atoms with E-state index in [0.717, 1.165) is 25.7 Å². The Bertz CT molecular complexity index is 1430. The normalized spacial score (nSPS) is 17.1. The van der Waals surface area contributed by atoms with E-state index < -0.39 is 48.4 Å². The summed E-state index contributed by atoms with van der Waals surface area (Å²) < 4.78 is 0. The number of hydrogen-bond acceptors (Lipinski definition) is 8. The molecule has 0 saturated heterocycles. The van der Waals surface area contributed by atoms with E-state index in [2.05, 4.69) is 22.9 Å². The number of phenolic OH excluding ortho intramolecular Hbond substituents is 2. The zero-order chi connectivity index (χ0) is 34.5. The number of carboxylic acid groups (broad SMARTS) is 1. The summed E-state index contributed by atoms with van der Waals surface area (Å²) in [5, 5.41) is 39.0. The summed E-state index contributed by atoms with van der Waals surface area (Å²) in [6, 6.07) is 4.97. The number of amides is 4. The van der Waals surface area contributed by atoms with Crippen LogP contribution in [0, 0.1) is 0 Å².